The van der Waals surface area contributed by atoms with E-state index in [4.69, 9.17) is 0 Å². The molecule has 0 saturated carbocycles. The van der Waals surface area contributed by atoms with Gasteiger partial charge in [-0.25, -0.2) is 0 Å². The van der Waals surface area contributed by atoms with E-state index in [2.05, 4.69) is 55.6 Å². The molecule has 2 aromatic carbocycles. The molecule has 0 aromatic heterocycles. The SMILES string of the molecule is [CH2-][NH2+]Cc1ccccc1-c1ccccc1. The van der Waals surface area contributed by atoms with E-state index in [-0.39, 0.29) is 0 Å². The molecule has 2 aromatic rings. The Bertz CT molecular complexity index is 420. The van der Waals surface area contributed by atoms with Crippen LogP contribution in [0.4, 0.5) is 0 Å². The quantitative estimate of drug-likeness (QED) is 0.726. The molecular formula is C14H15N. The molecule has 2 N–H and O–H groups in total. The lowest BCUT2D eigenvalue weighted by Crippen LogP contribution is -2.74. The summed E-state index contributed by atoms with van der Waals surface area (Å²) in [7, 11) is 3.79. The summed E-state index contributed by atoms with van der Waals surface area (Å²) in [5.41, 5.74) is 3.91. The molecule has 0 amide bonds. The standard InChI is InChI=1S/C14H15N/c1-15-11-13-9-5-6-10-14(13)12-7-3-2-4-8-12/h2-10H,1,11,15H2. The Balaban J connectivity index is 2.43. The van der Waals surface area contributed by atoms with Gasteiger partial charge >= 0.3 is 0 Å². The number of quaternary nitrogens is 1. The number of rotatable bonds is 3. The molecule has 1 heteroatoms. The van der Waals surface area contributed by atoms with Crippen LogP contribution in [-0.2, 0) is 6.54 Å². The fourth-order valence-electron chi connectivity index (χ4n) is 1.75. The average Bonchev–Trinajstić information content (AvgIpc) is 2.31. The zero-order valence-corrected chi connectivity index (χ0v) is 8.69. The minimum atomic E-state index is 0.922. The van der Waals surface area contributed by atoms with Gasteiger partial charge in [-0.3, -0.25) is 0 Å². The first-order chi connectivity index (χ1) is 7.42. The zero-order chi connectivity index (χ0) is 10.5. The molecule has 0 aliphatic heterocycles. The third-order valence-corrected chi connectivity index (χ3v) is 2.47. The maximum atomic E-state index is 3.79. The summed E-state index contributed by atoms with van der Waals surface area (Å²) in [6.45, 7) is 0.922. The molecule has 0 saturated heterocycles. The van der Waals surface area contributed by atoms with Crippen LogP contribution in [0.25, 0.3) is 11.1 Å². The van der Waals surface area contributed by atoms with Gasteiger partial charge in [0.15, 0.2) is 0 Å². The van der Waals surface area contributed by atoms with Crippen molar-refractivity contribution >= 4 is 0 Å². The van der Waals surface area contributed by atoms with Crippen LogP contribution < -0.4 is 5.32 Å². The number of hydrogen-bond donors (Lipinski definition) is 1. The summed E-state index contributed by atoms with van der Waals surface area (Å²) in [4.78, 5) is 0. The lowest BCUT2D eigenvalue weighted by molar-refractivity contribution is -0.612. The summed E-state index contributed by atoms with van der Waals surface area (Å²) in [5.74, 6) is 0. The maximum absolute atomic E-state index is 3.79. The third-order valence-electron chi connectivity index (χ3n) is 2.47. The van der Waals surface area contributed by atoms with E-state index >= 15 is 0 Å². The lowest BCUT2D eigenvalue weighted by atomic mass is 10.00. The Kier molecular flexibility index (Phi) is 3.15. The normalized spacial score (nSPS) is 10.2. The fourth-order valence-corrected chi connectivity index (χ4v) is 1.75. The van der Waals surface area contributed by atoms with Gasteiger partial charge in [0.2, 0.25) is 0 Å². The Hall–Kier alpha value is -1.60. The molecule has 76 valence electrons. The minimum absolute atomic E-state index is 0.922. The van der Waals surface area contributed by atoms with Gasteiger partial charge in [0.1, 0.15) is 0 Å². The highest BCUT2D eigenvalue weighted by molar-refractivity contribution is 5.66. The monoisotopic (exact) mass is 197 g/mol. The van der Waals surface area contributed by atoms with Crippen molar-refractivity contribution in [1.82, 2.24) is 0 Å². The first-order valence-electron chi connectivity index (χ1n) is 5.16. The molecule has 0 heterocycles. The van der Waals surface area contributed by atoms with E-state index in [1.54, 1.807) is 0 Å². The Morgan fingerprint density at radius 2 is 1.53 bits per heavy atom. The number of nitrogens with two attached hydrogens (primary N) is 1. The Morgan fingerprint density at radius 3 is 2.27 bits per heavy atom. The van der Waals surface area contributed by atoms with Crippen LogP contribution in [0.3, 0.4) is 0 Å². The second kappa shape index (κ2) is 4.76. The van der Waals surface area contributed by atoms with E-state index in [1.807, 2.05) is 11.4 Å². The van der Waals surface area contributed by atoms with Crippen LogP contribution in [0.15, 0.2) is 54.6 Å². The predicted molar refractivity (Wildman–Crippen MR) is 62.9 cm³/mol. The molecule has 1 nitrogen and oxygen atoms in total. The lowest BCUT2D eigenvalue weighted by Gasteiger charge is -2.08. The Labute approximate surface area is 90.8 Å². The van der Waals surface area contributed by atoms with Crippen molar-refractivity contribution in [2.45, 2.75) is 6.54 Å². The van der Waals surface area contributed by atoms with Gasteiger partial charge in [0.25, 0.3) is 0 Å². The van der Waals surface area contributed by atoms with Crippen molar-refractivity contribution < 1.29 is 5.32 Å². The topological polar surface area (TPSA) is 16.6 Å². The van der Waals surface area contributed by atoms with Gasteiger partial charge in [-0.15, -0.1) is 0 Å². The van der Waals surface area contributed by atoms with Crippen LogP contribution in [-0.4, -0.2) is 0 Å². The molecule has 0 fully saturated rings. The first-order valence-corrected chi connectivity index (χ1v) is 5.16. The summed E-state index contributed by atoms with van der Waals surface area (Å²) in [6.07, 6.45) is 0. The van der Waals surface area contributed by atoms with Gasteiger partial charge in [-0.2, -0.15) is 7.05 Å². The second-order valence-corrected chi connectivity index (χ2v) is 3.52. The summed E-state index contributed by atoms with van der Waals surface area (Å²) < 4.78 is 0. The van der Waals surface area contributed by atoms with Gasteiger partial charge < -0.3 is 5.32 Å². The van der Waals surface area contributed by atoms with Gasteiger partial charge in [0, 0.05) is 5.56 Å². The van der Waals surface area contributed by atoms with E-state index in [0.717, 1.165) is 6.54 Å². The molecular weight excluding hydrogens is 182 g/mol. The predicted octanol–water partition coefficient (Wildman–Crippen LogP) is 2.21. The van der Waals surface area contributed by atoms with Crippen molar-refractivity contribution in [3.8, 4) is 11.1 Å². The zero-order valence-electron chi connectivity index (χ0n) is 8.69. The summed E-state index contributed by atoms with van der Waals surface area (Å²) in [6, 6.07) is 18.9. The van der Waals surface area contributed by atoms with Crippen LogP contribution >= 0.6 is 0 Å². The van der Waals surface area contributed by atoms with E-state index in [0.29, 0.717) is 0 Å². The Morgan fingerprint density at radius 1 is 0.867 bits per heavy atom. The van der Waals surface area contributed by atoms with E-state index < -0.39 is 0 Å². The van der Waals surface area contributed by atoms with Crippen LogP contribution in [0, 0.1) is 7.05 Å². The molecule has 15 heavy (non-hydrogen) atoms. The van der Waals surface area contributed by atoms with Gasteiger partial charge in [-0.1, -0.05) is 54.6 Å². The summed E-state index contributed by atoms with van der Waals surface area (Å²) >= 11 is 0. The van der Waals surface area contributed by atoms with Gasteiger partial charge in [-0.05, 0) is 11.1 Å². The fraction of sp³-hybridized carbons (Fsp3) is 0.0714. The average molecular weight is 197 g/mol. The van der Waals surface area contributed by atoms with Crippen LogP contribution in [0.2, 0.25) is 0 Å². The second-order valence-electron chi connectivity index (χ2n) is 3.52. The van der Waals surface area contributed by atoms with Crippen molar-refractivity contribution in [3.05, 3.63) is 67.2 Å². The maximum Gasteiger partial charge on any atom is 0.0779 e. The van der Waals surface area contributed by atoms with Crippen molar-refractivity contribution in [3.63, 3.8) is 0 Å². The van der Waals surface area contributed by atoms with Crippen molar-refractivity contribution in [1.29, 1.82) is 0 Å². The van der Waals surface area contributed by atoms with E-state index in [9.17, 15) is 0 Å². The third kappa shape index (κ3) is 2.25. The minimum Gasteiger partial charge on any atom is -0.475 e. The number of benzene rings is 2. The molecule has 0 bridgehead atoms. The molecule has 0 aliphatic rings. The number of hydrogen-bond acceptors (Lipinski definition) is 0. The molecule has 0 atom stereocenters. The van der Waals surface area contributed by atoms with Crippen LogP contribution in [0.5, 0.6) is 0 Å². The smallest absolute Gasteiger partial charge is 0.0779 e. The largest absolute Gasteiger partial charge is 0.475 e. The van der Waals surface area contributed by atoms with Gasteiger partial charge in [0.05, 0.1) is 6.54 Å². The van der Waals surface area contributed by atoms with E-state index in [1.165, 1.54) is 16.7 Å². The van der Waals surface area contributed by atoms with Crippen LogP contribution in [0.1, 0.15) is 5.56 Å². The molecule has 2 rings (SSSR count). The highest BCUT2D eigenvalue weighted by Gasteiger charge is 2.02. The first kappa shape index (κ1) is 9.94. The molecule has 0 unspecified atom stereocenters. The molecule has 0 spiro atoms. The molecule has 0 radical (unpaired) electrons. The summed E-state index contributed by atoms with van der Waals surface area (Å²) in [5, 5.41) is 1.95. The highest BCUT2D eigenvalue weighted by Crippen LogP contribution is 2.22. The van der Waals surface area contributed by atoms with Crippen molar-refractivity contribution in [2.24, 2.45) is 0 Å². The van der Waals surface area contributed by atoms with Crippen molar-refractivity contribution in [2.75, 3.05) is 0 Å². The highest BCUT2D eigenvalue weighted by atomic mass is 14.8. The molecule has 0 aliphatic carbocycles.